The summed E-state index contributed by atoms with van der Waals surface area (Å²) in [5.74, 6) is 0.547. The van der Waals surface area contributed by atoms with Crippen LogP contribution < -0.4 is 4.72 Å². The van der Waals surface area contributed by atoms with Crippen LogP contribution in [0.4, 0.5) is 11.4 Å². The van der Waals surface area contributed by atoms with Crippen LogP contribution in [0.1, 0.15) is 18.9 Å². The van der Waals surface area contributed by atoms with Crippen molar-refractivity contribution in [2.75, 3.05) is 4.72 Å². The lowest BCUT2D eigenvalue weighted by molar-refractivity contribution is -0.384. The average molecular weight is 421 g/mol. The molecular formula is C16H13ClN6O4S. The van der Waals surface area contributed by atoms with Gasteiger partial charge in [0.05, 0.1) is 15.9 Å². The molecule has 144 valence electrons. The van der Waals surface area contributed by atoms with Gasteiger partial charge in [0.25, 0.3) is 15.7 Å². The highest BCUT2D eigenvalue weighted by Gasteiger charge is 2.28. The summed E-state index contributed by atoms with van der Waals surface area (Å²) in [6.07, 6.45) is 2.00. The number of nitrogens with zero attached hydrogens (tertiary/aromatic N) is 5. The molecule has 1 saturated carbocycles. The number of anilines is 1. The van der Waals surface area contributed by atoms with Crippen LogP contribution in [-0.4, -0.2) is 33.5 Å². The minimum atomic E-state index is -4.06. The molecular weight excluding hydrogens is 408 g/mol. The van der Waals surface area contributed by atoms with Gasteiger partial charge < -0.3 is 0 Å². The minimum Gasteiger partial charge on any atom is -0.280 e. The first kappa shape index (κ1) is 18.3. The second-order valence-electron chi connectivity index (χ2n) is 6.23. The highest BCUT2D eigenvalue weighted by molar-refractivity contribution is 7.92. The molecule has 28 heavy (non-hydrogen) atoms. The summed E-state index contributed by atoms with van der Waals surface area (Å²) < 4.78 is 29.4. The Labute approximate surface area is 164 Å². The number of nitro groups is 1. The van der Waals surface area contributed by atoms with Gasteiger partial charge in [0.15, 0.2) is 5.82 Å². The summed E-state index contributed by atoms with van der Waals surface area (Å²) in [6.45, 7) is 0. The van der Waals surface area contributed by atoms with Gasteiger partial charge in [-0.1, -0.05) is 23.7 Å². The van der Waals surface area contributed by atoms with Crippen LogP contribution in [0, 0.1) is 10.1 Å². The molecule has 3 aromatic rings. The molecule has 10 nitrogen and oxygen atoms in total. The molecule has 1 heterocycles. The summed E-state index contributed by atoms with van der Waals surface area (Å²) in [6, 6.07) is 10.2. The van der Waals surface area contributed by atoms with Gasteiger partial charge in [-0.15, -0.1) is 5.10 Å². The van der Waals surface area contributed by atoms with Crippen LogP contribution in [0.25, 0.3) is 11.4 Å². The van der Waals surface area contributed by atoms with Crippen molar-refractivity contribution >= 4 is 33.0 Å². The molecule has 1 fully saturated rings. The topological polar surface area (TPSA) is 133 Å². The van der Waals surface area contributed by atoms with E-state index < -0.39 is 20.6 Å². The molecule has 1 N–H and O–H groups in total. The number of hydrogen-bond donors (Lipinski definition) is 1. The smallest absolute Gasteiger partial charge is 0.280 e. The zero-order chi connectivity index (χ0) is 19.9. The maximum atomic E-state index is 12.6. The van der Waals surface area contributed by atoms with Crippen LogP contribution in [0.5, 0.6) is 0 Å². The number of rotatable bonds is 6. The first-order chi connectivity index (χ1) is 13.3. The molecule has 2 aromatic carbocycles. The number of nitro benzene ring substituents is 1. The SMILES string of the molecule is O=[N+]([O-])c1cc(S(=O)(=O)Nc2cccc(-c3nnnn3C3CC3)c2)ccc1Cl. The van der Waals surface area contributed by atoms with Crippen molar-refractivity contribution < 1.29 is 13.3 Å². The first-order valence-corrected chi connectivity index (χ1v) is 10.1. The number of halogens is 1. The summed E-state index contributed by atoms with van der Waals surface area (Å²) >= 11 is 5.75. The van der Waals surface area contributed by atoms with E-state index in [4.69, 9.17) is 11.6 Å². The number of nitrogens with one attached hydrogen (secondary N) is 1. The lowest BCUT2D eigenvalue weighted by Gasteiger charge is -2.10. The van der Waals surface area contributed by atoms with Crippen molar-refractivity contribution in [1.29, 1.82) is 0 Å². The van der Waals surface area contributed by atoms with E-state index >= 15 is 0 Å². The van der Waals surface area contributed by atoms with Gasteiger partial charge in [-0.05, 0) is 47.5 Å². The normalized spacial score (nSPS) is 14.0. The van der Waals surface area contributed by atoms with Gasteiger partial charge >= 0.3 is 0 Å². The van der Waals surface area contributed by atoms with Gasteiger partial charge in [0.2, 0.25) is 0 Å². The van der Waals surface area contributed by atoms with E-state index in [1.807, 2.05) is 0 Å². The van der Waals surface area contributed by atoms with Crippen molar-refractivity contribution in [2.45, 2.75) is 23.8 Å². The monoisotopic (exact) mass is 420 g/mol. The zero-order valence-electron chi connectivity index (χ0n) is 14.2. The van der Waals surface area contributed by atoms with E-state index in [2.05, 4.69) is 20.2 Å². The van der Waals surface area contributed by atoms with E-state index in [0.717, 1.165) is 18.9 Å². The lowest BCUT2D eigenvalue weighted by Crippen LogP contribution is -2.13. The number of sulfonamides is 1. The Balaban J connectivity index is 1.65. The van der Waals surface area contributed by atoms with Gasteiger partial charge in [-0.2, -0.15) is 0 Å². The molecule has 0 aliphatic heterocycles. The summed E-state index contributed by atoms with van der Waals surface area (Å²) in [5, 5.41) is 22.6. The highest BCUT2D eigenvalue weighted by atomic mass is 35.5. The molecule has 12 heteroatoms. The zero-order valence-corrected chi connectivity index (χ0v) is 15.8. The quantitative estimate of drug-likeness (QED) is 0.478. The third kappa shape index (κ3) is 3.53. The first-order valence-electron chi connectivity index (χ1n) is 8.20. The minimum absolute atomic E-state index is 0.141. The fourth-order valence-electron chi connectivity index (χ4n) is 2.68. The van der Waals surface area contributed by atoms with Gasteiger partial charge in [-0.3, -0.25) is 14.8 Å². The van der Waals surface area contributed by atoms with E-state index in [-0.39, 0.29) is 21.6 Å². The van der Waals surface area contributed by atoms with E-state index in [1.165, 1.54) is 12.1 Å². The van der Waals surface area contributed by atoms with Crippen molar-refractivity contribution in [2.24, 2.45) is 0 Å². The van der Waals surface area contributed by atoms with Crippen LogP contribution in [0.2, 0.25) is 5.02 Å². The van der Waals surface area contributed by atoms with Crippen molar-refractivity contribution in [3.05, 3.63) is 57.6 Å². The predicted molar refractivity (Wildman–Crippen MR) is 100 cm³/mol. The third-order valence-electron chi connectivity index (χ3n) is 4.18. The van der Waals surface area contributed by atoms with E-state index in [1.54, 1.807) is 28.9 Å². The maximum absolute atomic E-state index is 12.6. The Kier molecular flexibility index (Phi) is 4.47. The van der Waals surface area contributed by atoms with E-state index in [0.29, 0.717) is 11.4 Å². The summed E-state index contributed by atoms with van der Waals surface area (Å²) in [4.78, 5) is 10.0. The Morgan fingerprint density at radius 1 is 1.21 bits per heavy atom. The second-order valence-corrected chi connectivity index (χ2v) is 8.32. The number of tetrazole rings is 1. The van der Waals surface area contributed by atoms with Crippen molar-refractivity contribution in [3.63, 3.8) is 0 Å². The van der Waals surface area contributed by atoms with Gasteiger partial charge in [0, 0.05) is 17.3 Å². The van der Waals surface area contributed by atoms with Crippen LogP contribution in [0.3, 0.4) is 0 Å². The molecule has 0 radical (unpaired) electrons. The Morgan fingerprint density at radius 3 is 2.71 bits per heavy atom. The van der Waals surface area contributed by atoms with Crippen molar-refractivity contribution in [1.82, 2.24) is 20.2 Å². The average Bonchev–Trinajstić information content (AvgIpc) is 3.38. The lowest BCUT2D eigenvalue weighted by atomic mass is 10.2. The van der Waals surface area contributed by atoms with Crippen LogP contribution in [0.15, 0.2) is 47.4 Å². The highest BCUT2D eigenvalue weighted by Crippen LogP contribution is 2.37. The molecule has 0 spiro atoms. The Morgan fingerprint density at radius 2 is 2.00 bits per heavy atom. The molecule has 1 aromatic heterocycles. The Bertz CT molecular complexity index is 1180. The molecule has 0 bridgehead atoms. The molecule has 1 aliphatic carbocycles. The van der Waals surface area contributed by atoms with Gasteiger partial charge in [0.1, 0.15) is 5.02 Å². The molecule has 0 amide bonds. The summed E-state index contributed by atoms with van der Waals surface area (Å²) in [7, 11) is -4.06. The van der Waals surface area contributed by atoms with Crippen molar-refractivity contribution in [3.8, 4) is 11.4 Å². The fraction of sp³-hybridized carbons (Fsp3) is 0.188. The molecule has 0 unspecified atom stereocenters. The van der Waals surface area contributed by atoms with Crippen LogP contribution >= 0.6 is 11.6 Å². The second kappa shape index (κ2) is 6.84. The summed E-state index contributed by atoms with van der Waals surface area (Å²) in [5.41, 5.74) is 0.446. The Hall–Kier alpha value is -3.05. The molecule has 1 aliphatic rings. The predicted octanol–water partition coefficient (Wildman–Crippen LogP) is 3.04. The number of hydrogen-bond acceptors (Lipinski definition) is 7. The molecule has 0 atom stereocenters. The third-order valence-corrected chi connectivity index (χ3v) is 5.88. The number of benzene rings is 2. The molecule has 0 saturated heterocycles. The van der Waals surface area contributed by atoms with Gasteiger partial charge in [-0.25, -0.2) is 13.1 Å². The van der Waals surface area contributed by atoms with Crippen LogP contribution in [-0.2, 0) is 10.0 Å². The standard InChI is InChI=1S/C16H13ClN6O4S/c17-14-7-6-13(9-15(14)23(24)25)28(26,27)19-11-3-1-2-10(8-11)16-18-20-21-22(16)12-4-5-12/h1-3,6-9,12,19H,4-5H2. The maximum Gasteiger partial charge on any atom is 0.289 e. The fourth-order valence-corrected chi connectivity index (χ4v) is 3.94. The largest absolute Gasteiger partial charge is 0.289 e. The van der Waals surface area contributed by atoms with E-state index in [9.17, 15) is 18.5 Å². The number of aromatic nitrogens is 4. The molecule has 4 rings (SSSR count).